The number of ether oxygens (including phenoxy) is 3. The molecule has 18 nitrogen and oxygen atoms in total. The molecule has 3 aliphatic heterocycles. The van der Waals surface area contributed by atoms with Crippen LogP contribution in [0.2, 0.25) is 0 Å². The summed E-state index contributed by atoms with van der Waals surface area (Å²) in [6.45, 7) is 7.66. The van der Waals surface area contributed by atoms with Gasteiger partial charge in [-0.1, -0.05) is 121 Å². The molecule has 9 aromatic carbocycles. The van der Waals surface area contributed by atoms with Crippen molar-refractivity contribution in [1.29, 1.82) is 0 Å². The van der Waals surface area contributed by atoms with Crippen LogP contribution in [0.1, 0.15) is 58.9 Å². The van der Waals surface area contributed by atoms with E-state index in [0.29, 0.717) is 126 Å². The second-order valence-corrected chi connectivity index (χ2v) is 24.5. The van der Waals surface area contributed by atoms with Gasteiger partial charge in [-0.3, -0.25) is 28.8 Å². The van der Waals surface area contributed by atoms with Crippen molar-refractivity contribution in [3.63, 3.8) is 0 Å². The Kier molecular flexibility index (Phi) is 28.4. The van der Waals surface area contributed by atoms with Gasteiger partial charge < -0.3 is 59.6 Å². The normalized spacial score (nSPS) is 13.1. The van der Waals surface area contributed by atoms with E-state index >= 15 is 0 Å². The Balaban J connectivity index is 0.000000169. The molecule has 538 valence electrons. The molecule has 3 fully saturated rings. The van der Waals surface area contributed by atoms with Gasteiger partial charge >= 0.3 is 0 Å². The number of carbonyl (C=O) groups is 6. The quantitative estimate of drug-likeness (QED) is 0.0579. The number of alkyl halides is 2. The summed E-state index contributed by atoms with van der Waals surface area (Å²) in [5.41, 5.74) is 8.93. The van der Waals surface area contributed by atoms with E-state index in [-0.39, 0.29) is 49.2 Å². The van der Waals surface area contributed by atoms with Crippen molar-refractivity contribution in [3.05, 3.63) is 287 Å². The fourth-order valence-corrected chi connectivity index (χ4v) is 11.5. The summed E-state index contributed by atoms with van der Waals surface area (Å²) in [6, 6.07) is 72.4. The minimum absolute atomic E-state index is 0.0598. The number of piperazine rings is 3. The van der Waals surface area contributed by atoms with Crippen molar-refractivity contribution < 1.29 is 56.1 Å². The molecule has 0 aromatic heterocycles. The molecule has 0 saturated carbocycles. The SMILES string of the molecule is O=C(NCC(=O)N1CCN(c2ccc(OCc3ccccc3)cc2)CC1)c1ccc(C#CCF)cc1.O=C(NCC(=O)N1CCN(c2ccc(OCc3ccccc3)cc2)CC1)c1ccc(F)cc1.O=C(NCC(=O)N1CCN(c2ccc(OCc3ccccc3)cc2)CC1)c1cccc(C#CCF)c1. The smallest absolute Gasteiger partial charge is 0.251 e. The molecule has 21 heteroatoms. The van der Waals surface area contributed by atoms with Gasteiger partial charge in [0, 0.05) is 123 Å². The average Bonchev–Trinajstić information content (AvgIpc) is 0.855. The van der Waals surface area contributed by atoms with Crippen LogP contribution in [0.25, 0.3) is 0 Å². The van der Waals surface area contributed by atoms with Gasteiger partial charge in [-0.15, -0.1) is 0 Å². The number of hydrogen-bond acceptors (Lipinski definition) is 12. The van der Waals surface area contributed by atoms with Crippen LogP contribution in [0, 0.1) is 29.5 Å². The van der Waals surface area contributed by atoms with E-state index in [1.54, 1.807) is 63.2 Å². The van der Waals surface area contributed by atoms with E-state index in [1.165, 1.54) is 24.3 Å². The summed E-state index contributed by atoms with van der Waals surface area (Å²) in [5, 5.41) is 7.96. The van der Waals surface area contributed by atoms with Crippen LogP contribution in [0.3, 0.4) is 0 Å². The minimum Gasteiger partial charge on any atom is -0.489 e. The van der Waals surface area contributed by atoms with Gasteiger partial charge in [0.05, 0.1) is 19.6 Å². The van der Waals surface area contributed by atoms with Crippen molar-refractivity contribution >= 4 is 52.5 Å². The Bertz CT molecular complexity index is 4400. The first kappa shape index (κ1) is 75.2. The van der Waals surface area contributed by atoms with Crippen LogP contribution in [0.5, 0.6) is 17.2 Å². The van der Waals surface area contributed by atoms with Crippen molar-refractivity contribution in [2.24, 2.45) is 0 Å². The van der Waals surface area contributed by atoms with E-state index < -0.39 is 25.1 Å². The molecule has 9 aromatic rings. The maximum absolute atomic E-state index is 13.0. The zero-order chi connectivity index (χ0) is 73.4. The van der Waals surface area contributed by atoms with Crippen LogP contribution < -0.4 is 44.9 Å². The lowest BCUT2D eigenvalue weighted by Gasteiger charge is -2.36. The molecule has 0 aliphatic carbocycles. The van der Waals surface area contributed by atoms with Gasteiger partial charge in [-0.05, 0) is 156 Å². The predicted octanol–water partition coefficient (Wildman–Crippen LogP) is 10.8. The van der Waals surface area contributed by atoms with Crippen LogP contribution in [-0.2, 0) is 34.2 Å². The van der Waals surface area contributed by atoms with Crippen molar-refractivity contribution in [1.82, 2.24) is 30.7 Å². The van der Waals surface area contributed by atoms with E-state index in [0.717, 1.165) is 51.0 Å². The highest BCUT2D eigenvalue weighted by Gasteiger charge is 2.25. The first-order valence-electron chi connectivity index (χ1n) is 34.6. The molecule has 3 N–H and O–H groups in total. The van der Waals surface area contributed by atoms with Crippen molar-refractivity contribution in [2.75, 3.05) is 126 Å². The lowest BCUT2D eigenvalue weighted by atomic mass is 10.1. The molecule has 0 atom stereocenters. The zero-order valence-electron chi connectivity index (χ0n) is 58.2. The highest BCUT2D eigenvalue weighted by molar-refractivity contribution is 5.98. The fourth-order valence-electron chi connectivity index (χ4n) is 11.5. The Hall–Kier alpha value is -12.5. The van der Waals surface area contributed by atoms with Crippen molar-refractivity contribution in [3.8, 4) is 40.9 Å². The summed E-state index contributed by atoms with van der Waals surface area (Å²) in [6.07, 6.45) is 0. The van der Waals surface area contributed by atoms with Gasteiger partial charge in [-0.2, -0.15) is 0 Å². The monoisotopic (exact) mass is 1420 g/mol. The topological polar surface area (TPSA) is 186 Å². The third-order valence-corrected chi connectivity index (χ3v) is 17.4. The number of rotatable bonds is 21. The standard InChI is InChI=1S/2C29H28FN3O3.C26H26FN3O3/c30-15-5-9-23-8-4-10-25(20-23)29(35)31-21-28(34)33-18-16-32(17-19-33)26-11-13-27(14-12-26)36-22-24-6-2-1-3-7-24;30-16-4-7-23-8-10-25(11-9-23)29(35)31-21-28(34)33-19-17-32(18-20-33)26-12-14-27(15-13-26)36-22-24-5-2-1-3-6-24;27-22-8-6-21(7-9-22)26(32)28-18-25(31)30-16-14-29(15-17-30)23-10-12-24(13-11-23)33-19-20-4-2-1-3-5-20/h1-4,6-8,10-14,20H,15-19,21-22H2,(H,31,35);1-3,5-6,8-15H,16-22H2,(H,31,35);1-13H,14-19H2,(H,28,32). The molecular weight excluding hydrogens is 1340 g/mol. The molecule has 3 saturated heterocycles. The Morgan fingerprint density at radius 1 is 0.333 bits per heavy atom. The molecule has 3 heterocycles. The molecule has 12 rings (SSSR count). The number of nitrogens with zero attached hydrogens (tertiary/aromatic N) is 6. The summed E-state index contributed by atoms with van der Waals surface area (Å²) in [4.78, 5) is 86.6. The third-order valence-electron chi connectivity index (χ3n) is 17.4. The Morgan fingerprint density at radius 3 is 0.981 bits per heavy atom. The highest BCUT2D eigenvalue weighted by atomic mass is 19.1. The maximum atomic E-state index is 13.0. The largest absolute Gasteiger partial charge is 0.489 e. The zero-order valence-corrected chi connectivity index (χ0v) is 58.2. The molecule has 0 radical (unpaired) electrons. The first-order valence-corrected chi connectivity index (χ1v) is 34.6. The van der Waals surface area contributed by atoms with Gasteiger partial charge in [0.25, 0.3) is 17.7 Å². The average molecular weight is 1420 g/mol. The Labute approximate surface area is 610 Å². The summed E-state index contributed by atoms with van der Waals surface area (Å²) >= 11 is 0. The summed E-state index contributed by atoms with van der Waals surface area (Å²) in [5.74, 6) is 10.6. The molecule has 3 aliphatic rings. The highest BCUT2D eigenvalue weighted by Crippen LogP contribution is 2.25. The second-order valence-electron chi connectivity index (χ2n) is 24.5. The molecule has 0 bridgehead atoms. The molecule has 105 heavy (non-hydrogen) atoms. The first-order chi connectivity index (χ1) is 51.3. The Morgan fingerprint density at radius 2 is 0.648 bits per heavy atom. The number of carbonyl (C=O) groups excluding carboxylic acids is 6. The van der Waals surface area contributed by atoms with Crippen LogP contribution in [0.15, 0.2) is 237 Å². The number of amides is 6. The maximum Gasteiger partial charge on any atom is 0.251 e. The number of benzene rings is 9. The van der Waals surface area contributed by atoms with E-state index in [2.05, 4.69) is 54.3 Å². The molecular formula is C84H82F3N9O9. The number of hydrogen-bond donors (Lipinski definition) is 3. The van der Waals surface area contributed by atoms with E-state index in [9.17, 15) is 41.9 Å². The van der Waals surface area contributed by atoms with Gasteiger partial charge in [0.15, 0.2) is 13.3 Å². The lowest BCUT2D eigenvalue weighted by molar-refractivity contribution is -0.131. The number of anilines is 3. The van der Waals surface area contributed by atoms with Crippen LogP contribution in [0.4, 0.5) is 30.2 Å². The number of halogens is 3. The molecule has 0 unspecified atom stereocenters. The minimum atomic E-state index is -0.743. The van der Waals surface area contributed by atoms with E-state index in [4.69, 9.17) is 14.2 Å². The predicted molar refractivity (Wildman–Crippen MR) is 400 cm³/mol. The molecule has 6 amide bonds. The van der Waals surface area contributed by atoms with Crippen LogP contribution >= 0.6 is 0 Å². The lowest BCUT2D eigenvalue weighted by Crippen LogP contribution is -2.51. The van der Waals surface area contributed by atoms with Crippen LogP contribution in [-0.4, -0.2) is 162 Å². The summed E-state index contributed by atoms with van der Waals surface area (Å²) < 4.78 is 54.9. The van der Waals surface area contributed by atoms with Gasteiger partial charge in [-0.25, -0.2) is 13.2 Å². The summed E-state index contributed by atoms with van der Waals surface area (Å²) in [7, 11) is 0. The fraction of sp³-hybridized carbons (Fsp3) is 0.238. The van der Waals surface area contributed by atoms with Crippen molar-refractivity contribution in [2.45, 2.75) is 19.8 Å². The van der Waals surface area contributed by atoms with Gasteiger partial charge in [0.2, 0.25) is 17.7 Å². The second kappa shape index (κ2) is 39.6. The van der Waals surface area contributed by atoms with E-state index in [1.807, 2.05) is 164 Å². The number of nitrogens with one attached hydrogen (secondary N) is 3. The van der Waals surface area contributed by atoms with Gasteiger partial charge in [0.1, 0.15) is 42.9 Å². The third kappa shape index (κ3) is 23.8. The molecule has 0 spiro atoms.